The Kier molecular flexibility index (Phi) is 5.53. The van der Waals surface area contributed by atoms with Crippen molar-refractivity contribution >= 4 is 34.4 Å². The molecule has 0 aliphatic rings. The second-order valence-electron chi connectivity index (χ2n) is 5.84. The van der Waals surface area contributed by atoms with Gasteiger partial charge in [-0.1, -0.05) is 29.8 Å². The summed E-state index contributed by atoms with van der Waals surface area (Å²) in [6, 6.07) is 14.5. The van der Waals surface area contributed by atoms with Crippen LogP contribution < -0.4 is 10.6 Å². The largest absolute Gasteiger partial charge is 0.353 e. The van der Waals surface area contributed by atoms with Crippen molar-refractivity contribution in [1.82, 2.24) is 20.2 Å². The summed E-state index contributed by atoms with van der Waals surface area (Å²) < 4.78 is 2.06. The van der Waals surface area contributed by atoms with Crippen LogP contribution in [0.25, 0.3) is 11.0 Å². The lowest BCUT2D eigenvalue weighted by molar-refractivity contribution is -0.120. The Morgan fingerprint density at radius 1 is 1.12 bits per heavy atom. The molecule has 0 aliphatic heterocycles. The van der Waals surface area contributed by atoms with Crippen LogP contribution in [0, 0.1) is 6.92 Å². The van der Waals surface area contributed by atoms with Crippen molar-refractivity contribution in [2.75, 3.05) is 13.1 Å². The first kappa shape index (κ1) is 17.9. The van der Waals surface area contributed by atoms with Crippen LogP contribution in [0.4, 0.5) is 0 Å². The van der Waals surface area contributed by atoms with E-state index in [1.165, 1.54) is 0 Å². The smallest absolute Gasteiger partial charge is 0.251 e. The highest BCUT2D eigenvalue weighted by Crippen LogP contribution is 2.14. The Hall–Kier alpha value is -2.86. The standard InChI is InChI=1S/C19H19ClN4O2/c1-13-23-16-7-2-3-8-17(16)24(13)10-9-21-18(25)12-22-19(26)14-5-4-6-15(20)11-14/h2-8,11H,9-10,12H2,1H3,(H,21,25)(H,22,26). The number of imidazole rings is 1. The van der Waals surface area contributed by atoms with Gasteiger partial charge in [0, 0.05) is 23.7 Å². The second kappa shape index (κ2) is 8.01. The number of benzene rings is 2. The van der Waals surface area contributed by atoms with Gasteiger partial charge in [0.15, 0.2) is 0 Å². The number of rotatable bonds is 6. The van der Waals surface area contributed by atoms with Crippen LogP contribution >= 0.6 is 11.6 Å². The monoisotopic (exact) mass is 370 g/mol. The van der Waals surface area contributed by atoms with E-state index in [-0.39, 0.29) is 18.4 Å². The van der Waals surface area contributed by atoms with E-state index in [0.717, 1.165) is 16.9 Å². The summed E-state index contributed by atoms with van der Waals surface area (Å²) in [5, 5.41) is 5.86. The summed E-state index contributed by atoms with van der Waals surface area (Å²) in [6.45, 7) is 2.91. The van der Waals surface area contributed by atoms with E-state index in [1.807, 2.05) is 31.2 Å². The van der Waals surface area contributed by atoms with Gasteiger partial charge in [-0.25, -0.2) is 4.98 Å². The number of nitrogens with one attached hydrogen (secondary N) is 2. The van der Waals surface area contributed by atoms with E-state index in [2.05, 4.69) is 20.2 Å². The lowest BCUT2D eigenvalue weighted by Gasteiger charge is -2.09. The molecule has 2 aromatic carbocycles. The maximum absolute atomic E-state index is 12.0. The van der Waals surface area contributed by atoms with Gasteiger partial charge in [0.25, 0.3) is 5.91 Å². The second-order valence-corrected chi connectivity index (χ2v) is 6.28. The summed E-state index contributed by atoms with van der Waals surface area (Å²) in [7, 11) is 0. The minimum atomic E-state index is -0.334. The van der Waals surface area contributed by atoms with Gasteiger partial charge < -0.3 is 15.2 Å². The van der Waals surface area contributed by atoms with E-state index < -0.39 is 0 Å². The van der Waals surface area contributed by atoms with Gasteiger partial charge in [-0.15, -0.1) is 0 Å². The summed E-state index contributed by atoms with van der Waals surface area (Å²) in [4.78, 5) is 28.4. The highest BCUT2D eigenvalue weighted by molar-refractivity contribution is 6.30. The number of hydrogen-bond donors (Lipinski definition) is 2. The average Bonchev–Trinajstić information content (AvgIpc) is 2.95. The van der Waals surface area contributed by atoms with Gasteiger partial charge in [-0.05, 0) is 37.3 Å². The van der Waals surface area contributed by atoms with Gasteiger partial charge >= 0.3 is 0 Å². The molecule has 134 valence electrons. The van der Waals surface area contributed by atoms with Crippen LogP contribution in [0.1, 0.15) is 16.2 Å². The molecule has 1 aromatic heterocycles. The van der Waals surface area contributed by atoms with Gasteiger partial charge in [0.05, 0.1) is 17.6 Å². The fraction of sp³-hybridized carbons (Fsp3) is 0.211. The fourth-order valence-electron chi connectivity index (χ4n) is 2.74. The van der Waals surface area contributed by atoms with Crippen LogP contribution in [-0.2, 0) is 11.3 Å². The summed E-state index contributed by atoms with van der Waals surface area (Å²) in [5.41, 5.74) is 2.39. The van der Waals surface area contributed by atoms with Crippen molar-refractivity contribution in [3.8, 4) is 0 Å². The first-order chi connectivity index (χ1) is 12.5. The molecular weight excluding hydrogens is 352 g/mol. The number of amides is 2. The molecule has 0 atom stereocenters. The lowest BCUT2D eigenvalue weighted by Crippen LogP contribution is -2.38. The SMILES string of the molecule is Cc1nc2ccccc2n1CCNC(=O)CNC(=O)c1cccc(Cl)c1. The molecule has 0 fully saturated rings. The Morgan fingerprint density at radius 2 is 1.92 bits per heavy atom. The van der Waals surface area contributed by atoms with Crippen LogP contribution in [0.15, 0.2) is 48.5 Å². The van der Waals surface area contributed by atoms with Gasteiger partial charge in [0.1, 0.15) is 5.82 Å². The zero-order chi connectivity index (χ0) is 18.5. The summed E-state index contributed by atoms with van der Waals surface area (Å²) in [5.74, 6) is 0.316. The predicted octanol–water partition coefficient (Wildman–Crippen LogP) is 2.54. The van der Waals surface area contributed by atoms with E-state index in [4.69, 9.17) is 11.6 Å². The Morgan fingerprint density at radius 3 is 2.73 bits per heavy atom. The minimum Gasteiger partial charge on any atom is -0.353 e. The zero-order valence-corrected chi connectivity index (χ0v) is 15.1. The maximum atomic E-state index is 12.0. The first-order valence-electron chi connectivity index (χ1n) is 8.27. The van der Waals surface area contributed by atoms with Crippen LogP contribution in [-0.4, -0.2) is 34.5 Å². The number of halogens is 1. The Labute approximate surface area is 156 Å². The molecule has 0 saturated heterocycles. The van der Waals surface area contributed by atoms with Crippen LogP contribution in [0.2, 0.25) is 5.02 Å². The van der Waals surface area contributed by atoms with Crippen molar-refractivity contribution in [1.29, 1.82) is 0 Å². The molecule has 6 nitrogen and oxygen atoms in total. The van der Waals surface area contributed by atoms with E-state index in [9.17, 15) is 9.59 Å². The van der Waals surface area contributed by atoms with Crippen LogP contribution in [0.3, 0.4) is 0 Å². The van der Waals surface area contributed by atoms with Gasteiger partial charge in [0.2, 0.25) is 5.91 Å². The van der Waals surface area contributed by atoms with Gasteiger partial charge in [-0.3, -0.25) is 9.59 Å². The highest BCUT2D eigenvalue weighted by atomic mass is 35.5. The van der Waals surface area contributed by atoms with Crippen molar-refractivity contribution in [3.63, 3.8) is 0 Å². The molecule has 0 spiro atoms. The number of nitrogens with zero attached hydrogens (tertiary/aromatic N) is 2. The number of para-hydroxylation sites is 2. The third kappa shape index (κ3) is 4.21. The molecule has 0 saturated carbocycles. The van der Waals surface area contributed by atoms with Crippen molar-refractivity contribution in [3.05, 3.63) is 64.9 Å². The third-order valence-electron chi connectivity index (χ3n) is 4.00. The highest BCUT2D eigenvalue weighted by Gasteiger charge is 2.09. The molecule has 3 rings (SSSR count). The molecular formula is C19H19ClN4O2. The molecule has 0 bridgehead atoms. The van der Waals surface area contributed by atoms with Crippen molar-refractivity contribution < 1.29 is 9.59 Å². The topological polar surface area (TPSA) is 76.0 Å². The number of aryl methyl sites for hydroxylation is 1. The molecule has 0 aliphatic carbocycles. The normalized spacial score (nSPS) is 10.7. The molecule has 0 unspecified atom stereocenters. The summed E-state index contributed by atoms with van der Waals surface area (Å²) >= 11 is 5.86. The van der Waals surface area contributed by atoms with Crippen LogP contribution in [0.5, 0.6) is 0 Å². The molecule has 1 heterocycles. The fourth-order valence-corrected chi connectivity index (χ4v) is 2.93. The molecule has 2 amide bonds. The predicted molar refractivity (Wildman–Crippen MR) is 101 cm³/mol. The van der Waals surface area contributed by atoms with E-state index in [0.29, 0.717) is 23.7 Å². The molecule has 0 radical (unpaired) electrons. The molecule has 7 heteroatoms. The minimum absolute atomic E-state index is 0.0883. The summed E-state index contributed by atoms with van der Waals surface area (Å²) in [6.07, 6.45) is 0. The maximum Gasteiger partial charge on any atom is 0.251 e. The number of carbonyl (C=O) groups excluding carboxylic acids is 2. The quantitative estimate of drug-likeness (QED) is 0.700. The van der Waals surface area contributed by atoms with Gasteiger partial charge in [-0.2, -0.15) is 0 Å². The van der Waals surface area contributed by atoms with Crippen molar-refractivity contribution in [2.24, 2.45) is 0 Å². The van der Waals surface area contributed by atoms with E-state index >= 15 is 0 Å². The number of fused-ring (bicyclic) bond motifs is 1. The Balaban J connectivity index is 1.48. The lowest BCUT2D eigenvalue weighted by atomic mass is 10.2. The number of hydrogen-bond acceptors (Lipinski definition) is 3. The number of aromatic nitrogens is 2. The average molecular weight is 371 g/mol. The third-order valence-corrected chi connectivity index (χ3v) is 4.23. The molecule has 26 heavy (non-hydrogen) atoms. The zero-order valence-electron chi connectivity index (χ0n) is 14.3. The number of carbonyl (C=O) groups is 2. The Bertz CT molecular complexity index is 952. The van der Waals surface area contributed by atoms with Crippen molar-refractivity contribution in [2.45, 2.75) is 13.5 Å². The van der Waals surface area contributed by atoms with E-state index in [1.54, 1.807) is 24.3 Å². The molecule has 3 aromatic rings. The first-order valence-corrected chi connectivity index (χ1v) is 8.65. The molecule has 2 N–H and O–H groups in total.